The minimum atomic E-state index is -0.0168. The van der Waals surface area contributed by atoms with E-state index in [-0.39, 0.29) is 11.9 Å². The van der Waals surface area contributed by atoms with Crippen LogP contribution in [0, 0.1) is 17.8 Å². The van der Waals surface area contributed by atoms with Gasteiger partial charge in [0.05, 0.1) is 5.52 Å². The molecule has 1 aromatic carbocycles. The molecule has 2 aliphatic carbocycles. The van der Waals surface area contributed by atoms with Crippen LogP contribution in [0.25, 0.3) is 10.9 Å². The molecule has 2 fully saturated rings. The third kappa shape index (κ3) is 2.19. The molecule has 0 radical (unpaired) electrons. The van der Waals surface area contributed by atoms with Gasteiger partial charge in [0.15, 0.2) is 0 Å². The third-order valence-corrected chi connectivity index (χ3v) is 5.22. The average Bonchev–Trinajstić information content (AvgIpc) is 2.99. The molecule has 1 aromatic heterocycles. The van der Waals surface area contributed by atoms with Crippen molar-refractivity contribution >= 4 is 23.1 Å². The van der Waals surface area contributed by atoms with Crippen LogP contribution in [0.1, 0.15) is 29.6 Å². The summed E-state index contributed by atoms with van der Waals surface area (Å²) in [5.41, 5.74) is 1.53. The number of nitrogens with one attached hydrogen (secondary N) is 1. The molecule has 1 N–H and O–H groups in total. The number of fused-ring (bicyclic) bond motifs is 2. The van der Waals surface area contributed by atoms with Crippen molar-refractivity contribution in [3.05, 3.63) is 42.1 Å². The first kappa shape index (κ1) is 13.4. The van der Waals surface area contributed by atoms with Gasteiger partial charge < -0.3 is 10.1 Å². The summed E-state index contributed by atoms with van der Waals surface area (Å²) in [7, 11) is 0. The molecule has 0 bridgehead atoms. The monoisotopic (exact) mass is 294 g/mol. The van der Waals surface area contributed by atoms with Gasteiger partial charge >= 0.3 is 0 Å². The number of rotatable bonds is 4. The Morgan fingerprint density at radius 1 is 1.23 bits per heavy atom. The number of carbonyl (C=O) groups excluding carboxylic acids is 2. The van der Waals surface area contributed by atoms with Gasteiger partial charge in [-0.25, -0.2) is 0 Å². The van der Waals surface area contributed by atoms with Gasteiger partial charge in [-0.15, -0.1) is 0 Å². The topological polar surface area (TPSA) is 59.1 Å². The van der Waals surface area contributed by atoms with Crippen LogP contribution in [-0.4, -0.2) is 23.2 Å². The van der Waals surface area contributed by atoms with Crippen molar-refractivity contribution < 1.29 is 9.59 Å². The van der Waals surface area contributed by atoms with Crippen molar-refractivity contribution in [1.82, 2.24) is 10.3 Å². The normalized spacial score (nSPS) is 29.1. The van der Waals surface area contributed by atoms with Gasteiger partial charge in [-0.3, -0.25) is 9.78 Å². The Hall–Kier alpha value is -2.23. The quantitative estimate of drug-likeness (QED) is 0.882. The number of carbonyl (C=O) groups is 2. The highest BCUT2D eigenvalue weighted by Gasteiger charge is 2.55. The van der Waals surface area contributed by atoms with E-state index in [0.717, 1.165) is 30.0 Å². The highest BCUT2D eigenvalue weighted by atomic mass is 16.1. The Morgan fingerprint density at radius 2 is 2.05 bits per heavy atom. The molecule has 0 saturated heterocycles. The number of hydrogen-bond acceptors (Lipinski definition) is 3. The van der Waals surface area contributed by atoms with E-state index >= 15 is 0 Å². The molecule has 1 heterocycles. The molecule has 0 aliphatic heterocycles. The fraction of sp³-hybridized carbons (Fsp3) is 0.389. The molecule has 1 amide bonds. The first-order valence-corrected chi connectivity index (χ1v) is 7.86. The van der Waals surface area contributed by atoms with Gasteiger partial charge in [0, 0.05) is 29.6 Å². The second kappa shape index (κ2) is 5.20. The highest BCUT2D eigenvalue weighted by molar-refractivity contribution is 6.06. The first-order valence-electron chi connectivity index (χ1n) is 7.86. The number of pyridine rings is 1. The van der Waals surface area contributed by atoms with Crippen LogP contribution in [0.3, 0.4) is 0 Å². The zero-order valence-corrected chi connectivity index (χ0v) is 12.2. The Morgan fingerprint density at radius 3 is 2.82 bits per heavy atom. The molecule has 4 rings (SSSR count). The summed E-state index contributed by atoms with van der Waals surface area (Å²) in [5, 5.41) is 4.05. The van der Waals surface area contributed by atoms with Gasteiger partial charge in [0.2, 0.25) is 0 Å². The standard InChI is InChI=1S/C18H18N2O2/c21-8-6-12-15-9-11(10-16(12)15)20-18(22)14-3-1-5-17-13(14)4-2-7-19-17/h1-5,7-8,11-12,15-16H,6,9-10H2,(H,20,22)/t11?,12?,15-,16+. The van der Waals surface area contributed by atoms with Crippen molar-refractivity contribution in [3.63, 3.8) is 0 Å². The molecule has 2 unspecified atom stereocenters. The Kier molecular flexibility index (Phi) is 3.17. The second-order valence-electron chi connectivity index (χ2n) is 6.41. The second-order valence-corrected chi connectivity index (χ2v) is 6.41. The molecule has 22 heavy (non-hydrogen) atoms. The number of nitrogens with zero attached hydrogens (tertiary/aromatic N) is 1. The molecule has 0 spiro atoms. The maximum absolute atomic E-state index is 12.5. The predicted molar refractivity (Wildman–Crippen MR) is 83.4 cm³/mol. The van der Waals surface area contributed by atoms with Gasteiger partial charge in [-0.1, -0.05) is 12.1 Å². The summed E-state index contributed by atoms with van der Waals surface area (Å²) in [6.07, 6.45) is 5.47. The summed E-state index contributed by atoms with van der Waals surface area (Å²) in [6, 6.07) is 9.68. The molecule has 112 valence electrons. The Labute approximate surface area is 128 Å². The van der Waals surface area contributed by atoms with Crippen LogP contribution in [0.2, 0.25) is 0 Å². The Bertz CT molecular complexity index is 725. The van der Waals surface area contributed by atoms with E-state index in [1.54, 1.807) is 6.20 Å². The van der Waals surface area contributed by atoms with Crippen LogP contribution in [0.5, 0.6) is 0 Å². The number of aromatic nitrogens is 1. The summed E-state index contributed by atoms with van der Waals surface area (Å²) in [6.45, 7) is 0. The van der Waals surface area contributed by atoms with E-state index in [1.165, 1.54) is 0 Å². The minimum Gasteiger partial charge on any atom is -0.349 e. The van der Waals surface area contributed by atoms with Gasteiger partial charge in [0.25, 0.3) is 5.91 Å². The van der Waals surface area contributed by atoms with E-state index in [9.17, 15) is 9.59 Å². The zero-order chi connectivity index (χ0) is 15.1. The smallest absolute Gasteiger partial charge is 0.252 e. The maximum Gasteiger partial charge on any atom is 0.252 e. The molecular formula is C18H18N2O2. The lowest BCUT2D eigenvalue weighted by Gasteiger charge is -2.16. The summed E-state index contributed by atoms with van der Waals surface area (Å²) < 4.78 is 0. The number of hydrogen-bond donors (Lipinski definition) is 1. The largest absolute Gasteiger partial charge is 0.349 e. The SMILES string of the molecule is O=CCC1[C@H]2CC(NC(=O)c3cccc4ncccc34)C[C@@H]12. The fourth-order valence-electron chi connectivity index (χ4n) is 4.12. The van der Waals surface area contributed by atoms with Crippen molar-refractivity contribution in [2.24, 2.45) is 17.8 Å². The molecule has 4 heteroatoms. The van der Waals surface area contributed by atoms with Crippen LogP contribution in [0.4, 0.5) is 0 Å². The zero-order valence-electron chi connectivity index (χ0n) is 12.2. The van der Waals surface area contributed by atoms with Crippen LogP contribution in [0.15, 0.2) is 36.5 Å². The van der Waals surface area contributed by atoms with Crippen LogP contribution in [-0.2, 0) is 4.79 Å². The van der Waals surface area contributed by atoms with E-state index in [2.05, 4.69) is 10.3 Å². The molecule has 4 atom stereocenters. The van der Waals surface area contributed by atoms with Crippen molar-refractivity contribution in [2.45, 2.75) is 25.3 Å². The van der Waals surface area contributed by atoms with E-state index in [1.807, 2.05) is 30.3 Å². The molecular weight excluding hydrogens is 276 g/mol. The number of aldehydes is 1. The maximum atomic E-state index is 12.5. The predicted octanol–water partition coefficient (Wildman–Crippen LogP) is 2.58. The van der Waals surface area contributed by atoms with E-state index in [4.69, 9.17) is 0 Å². The van der Waals surface area contributed by atoms with Crippen molar-refractivity contribution in [3.8, 4) is 0 Å². The molecule has 4 nitrogen and oxygen atoms in total. The van der Waals surface area contributed by atoms with Gasteiger partial charge in [-0.2, -0.15) is 0 Å². The van der Waals surface area contributed by atoms with E-state index in [0.29, 0.717) is 29.7 Å². The number of benzene rings is 1. The lowest BCUT2D eigenvalue weighted by atomic mass is 10.0. The van der Waals surface area contributed by atoms with Gasteiger partial charge in [0.1, 0.15) is 6.29 Å². The Balaban J connectivity index is 1.46. The molecule has 2 aliphatic rings. The van der Waals surface area contributed by atoms with E-state index < -0.39 is 0 Å². The molecule has 2 aromatic rings. The van der Waals surface area contributed by atoms with Crippen LogP contribution < -0.4 is 5.32 Å². The summed E-state index contributed by atoms with van der Waals surface area (Å²) in [5.74, 6) is 1.85. The average molecular weight is 294 g/mol. The lowest BCUT2D eigenvalue weighted by Crippen LogP contribution is -2.34. The van der Waals surface area contributed by atoms with Crippen molar-refractivity contribution in [2.75, 3.05) is 0 Å². The number of amides is 1. The fourth-order valence-corrected chi connectivity index (χ4v) is 4.12. The highest BCUT2D eigenvalue weighted by Crippen LogP contribution is 2.58. The van der Waals surface area contributed by atoms with Crippen molar-refractivity contribution in [1.29, 1.82) is 0 Å². The lowest BCUT2D eigenvalue weighted by molar-refractivity contribution is -0.108. The van der Waals surface area contributed by atoms with Gasteiger partial charge in [-0.05, 0) is 48.8 Å². The van der Waals surface area contributed by atoms with Crippen LogP contribution >= 0.6 is 0 Å². The summed E-state index contributed by atoms with van der Waals surface area (Å²) >= 11 is 0. The third-order valence-electron chi connectivity index (χ3n) is 5.22. The molecule has 2 saturated carbocycles. The minimum absolute atomic E-state index is 0.0168. The summed E-state index contributed by atoms with van der Waals surface area (Å²) in [4.78, 5) is 27.4. The first-order chi connectivity index (χ1) is 10.8.